The fourth-order valence-electron chi connectivity index (χ4n) is 1.95. The summed E-state index contributed by atoms with van der Waals surface area (Å²) >= 11 is 0. The zero-order chi connectivity index (χ0) is 15.1. The Hall–Kier alpha value is -1.87. The molecule has 0 bridgehead atoms. The van der Waals surface area contributed by atoms with Crippen LogP contribution in [0.1, 0.15) is 31.9 Å². The van der Waals surface area contributed by atoms with E-state index in [1.807, 2.05) is 24.4 Å². The van der Waals surface area contributed by atoms with Gasteiger partial charge < -0.3 is 10.1 Å². The Bertz CT molecular complexity index is 547. The van der Waals surface area contributed by atoms with Gasteiger partial charge in [-0.25, -0.2) is 0 Å². The largest absolute Gasteiger partial charge is 0.493 e. The summed E-state index contributed by atoms with van der Waals surface area (Å²) in [4.78, 5) is 4.11. The molecule has 0 radical (unpaired) electrons. The lowest BCUT2D eigenvalue weighted by Gasteiger charge is -2.20. The van der Waals surface area contributed by atoms with Crippen molar-refractivity contribution >= 4 is 0 Å². The van der Waals surface area contributed by atoms with Crippen molar-refractivity contribution in [3.05, 3.63) is 59.9 Å². The number of nitrogens with one attached hydrogen (secondary N) is 1. The second-order valence-electron chi connectivity index (χ2n) is 6.21. The first-order chi connectivity index (χ1) is 10.0. The molecule has 0 amide bonds. The van der Waals surface area contributed by atoms with Crippen LogP contribution in [-0.4, -0.2) is 17.1 Å². The normalized spacial score (nSPS) is 11.4. The molecule has 0 aliphatic rings. The molecule has 21 heavy (non-hydrogen) atoms. The lowest BCUT2D eigenvalue weighted by atomic mass is 10.1. The van der Waals surface area contributed by atoms with E-state index in [2.05, 4.69) is 49.3 Å². The van der Waals surface area contributed by atoms with Gasteiger partial charge in [0.15, 0.2) is 0 Å². The first-order valence-electron chi connectivity index (χ1n) is 7.39. The predicted molar refractivity (Wildman–Crippen MR) is 86.5 cm³/mol. The summed E-state index contributed by atoms with van der Waals surface area (Å²) in [6.07, 6.45) is 4.54. The molecule has 2 rings (SSSR count). The minimum absolute atomic E-state index is 0.122. The average molecular weight is 284 g/mol. The van der Waals surface area contributed by atoms with Gasteiger partial charge >= 0.3 is 0 Å². The van der Waals surface area contributed by atoms with Crippen LogP contribution < -0.4 is 10.1 Å². The highest BCUT2D eigenvalue weighted by molar-refractivity contribution is 5.28. The number of pyridine rings is 1. The molecule has 1 N–H and O–H groups in total. The van der Waals surface area contributed by atoms with E-state index in [1.54, 1.807) is 6.20 Å². The lowest BCUT2D eigenvalue weighted by molar-refractivity contribution is 0.321. The van der Waals surface area contributed by atoms with Gasteiger partial charge in [-0.2, -0.15) is 0 Å². The van der Waals surface area contributed by atoms with Crippen molar-refractivity contribution in [2.45, 2.75) is 39.3 Å². The molecule has 112 valence electrons. The number of rotatable bonds is 6. The van der Waals surface area contributed by atoms with Crippen LogP contribution in [0.4, 0.5) is 0 Å². The summed E-state index contributed by atoms with van der Waals surface area (Å²) < 4.78 is 5.83. The first kappa shape index (κ1) is 15.5. The van der Waals surface area contributed by atoms with E-state index in [4.69, 9.17) is 4.74 Å². The van der Waals surface area contributed by atoms with E-state index in [0.717, 1.165) is 18.7 Å². The van der Waals surface area contributed by atoms with E-state index in [0.29, 0.717) is 6.61 Å². The van der Waals surface area contributed by atoms with Gasteiger partial charge in [-0.15, -0.1) is 0 Å². The van der Waals surface area contributed by atoms with E-state index in [1.165, 1.54) is 11.1 Å². The quantitative estimate of drug-likeness (QED) is 0.880. The third-order valence-corrected chi connectivity index (χ3v) is 3.10. The monoisotopic (exact) mass is 284 g/mol. The Balaban J connectivity index is 1.83. The van der Waals surface area contributed by atoms with E-state index < -0.39 is 0 Å². The van der Waals surface area contributed by atoms with Crippen LogP contribution in [0.15, 0.2) is 48.8 Å². The zero-order valence-electron chi connectivity index (χ0n) is 13.1. The molecule has 1 aromatic carbocycles. The third kappa shape index (κ3) is 5.96. The third-order valence-electron chi connectivity index (χ3n) is 3.10. The number of hydrogen-bond acceptors (Lipinski definition) is 3. The van der Waals surface area contributed by atoms with Gasteiger partial charge in [0.05, 0.1) is 6.61 Å². The molecular formula is C18H24N2O. The summed E-state index contributed by atoms with van der Waals surface area (Å²) in [5.41, 5.74) is 2.56. The predicted octanol–water partition coefficient (Wildman–Crippen LogP) is 3.59. The Labute approximate surface area is 127 Å². The van der Waals surface area contributed by atoms with Crippen molar-refractivity contribution in [2.24, 2.45) is 0 Å². The highest BCUT2D eigenvalue weighted by Crippen LogP contribution is 2.14. The molecule has 3 heteroatoms. The zero-order valence-corrected chi connectivity index (χ0v) is 13.1. The van der Waals surface area contributed by atoms with Crippen LogP contribution in [0.5, 0.6) is 5.75 Å². The van der Waals surface area contributed by atoms with Gasteiger partial charge in [-0.1, -0.05) is 18.2 Å². The SMILES string of the molecule is CC(C)(C)NCc1cccc(OCCc2cccnc2)c1. The summed E-state index contributed by atoms with van der Waals surface area (Å²) in [6.45, 7) is 8.02. The molecule has 0 unspecified atom stereocenters. The molecule has 3 nitrogen and oxygen atoms in total. The molecule has 1 heterocycles. The Morgan fingerprint density at radius 2 is 1.90 bits per heavy atom. The minimum atomic E-state index is 0.122. The number of aromatic nitrogens is 1. The van der Waals surface area contributed by atoms with Gasteiger partial charge in [-0.05, 0) is 50.1 Å². The lowest BCUT2D eigenvalue weighted by Crippen LogP contribution is -2.35. The molecule has 0 atom stereocenters. The number of benzene rings is 1. The van der Waals surface area contributed by atoms with Crippen LogP contribution >= 0.6 is 0 Å². The van der Waals surface area contributed by atoms with Crippen molar-refractivity contribution in [2.75, 3.05) is 6.61 Å². The Morgan fingerprint density at radius 3 is 2.62 bits per heavy atom. The van der Waals surface area contributed by atoms with Crippen molar-refractivity contribution in [3.63, 3.8) is 0 Å². The standard InChI is InChI=1S/C18H24N2O/c1-18(2,3)20-14-16-6-4-8-17(12-16)21-11-9-15-7-5-10-19-13-15/h4-8,10,12-13,20H,9,11,14H2,1-3H3. The molecule has 0 aliphatic carbocycles. The Kier molecular flexibility index (Phi) is 5.34. The van der Waals surface area contributed by atoms with Crippen LogP contribution in [0, 0.1) is 0 Å². The highest BCUT2D eigenvalue weighted by atomic mass is 16.5. The molecule has 0 spiro atoms. The highest BCUT2D eigenvalue weighted by Gasteiger charge is 2.08. The number of ether oxygens (including phenoxy) is 1. The molecule has 0 saturated heterocycles. The van der Waals surface area contributed by atoms with Crippen LogP contribution in [0.3, 0.4) is 0 Å². The number of nitrogens with zero attached hydrogens (tertiary/aromatic N) is 1. The van der Waals surface area contributed by atoms with Crippen molar-refractivity contribution in [1.29, 1.82) is 0 Å². The average Bonchev–Trinajstić information content (AvgIpc) is 2.46. The second-order valence-corrected chi connectivity index (χ2v) is 6.21. The van der Waals surface area contributed by atoms with Gasteiger partial charge in [0.2, 0.25) is 0 Å². The molecular weight excluding hydrogens is 260 g/mol. The summed E-state index contributed by atoms with van der Waals surface area (Å²) in [5.74, 6) is 0.923. The summed E-state index contributed by atoms with van der Waals surface area (Å²) in [5, 5.41) is 3.48. The van der Waals surface area contributed by atoms with Crippen molar-refractivity contribution in [1.82, 2.24) is 10.3 Å². The van der Waals surface area contributed by atoms with Crippen molar-refractivity contribution < 1.29 is 4.74 Å². The van der Waals surface area contributed by atoms with E-state index in [9.17, 15) is 0 Å². The maximum absolute atomic E-state index is 5.83. The first-order valence-corrected chi connectivity index (χ1v) is 7.39. The molecule has 0 fully saturated rings. The fraction of sp³-hybridized carbons (Fsp3) is 0.389. The summed E-state index contributed by atoms with van der Waals surface area (Å²) in [7, 11) is 0. The van der Waals surface area contributed by atoms with E-state index in [-0.39, 0.29) is 5.54 Å². The van der Waals surface area contributed by atoms with Gasteiger partial charge in [0, 0.05) is 30.9 Å². The van der Waals surface area contributed by atoms with Gasteiger partial charge in [-0.3, -0.25) is 4.98 Å². The molecule has 0 saturated carbocycles. The maximum Gasteiger partial charge on any atom is 0.119 e. The van der Waals surface area contributed by atoms with Crippen molar-refractivity contribution in [3.8, 4) is 5.75 Å². The Morgan fingerprint density at radius 1 is 1.10 bits per heavy atom. The topological polar surface area (TPSA) is 34.1 Å². The number of hydrogen-bond donors (Lipinski definition) is 1. The van der Waals surface area contributed by atoms with Gasteiger partial charge in [0.1, 0.15) is 5.75 Å². The van der Waals surface area contributed by atoms with E-state index >= 15 is 0 Å². The fourth-order valence-corrected chi connectivity index (χ4v) is 1.95. The smallest absolute Gasteiger partial charge is 0.119 e. The second kappa shape index (κ2) is 7.23. The summed E-state index contributed by atoms with van der Waals surface area (Å²) in [6, 6.07) is 12.3. The molecule has 0 aliphatic heterocycles. The van der Waals surface area contributed by atoms with Crippen LogP contribution in [0.2, 0.25) is 0 Å². The molecule has 1 aromatic heterocycles. The van der Waals surface area contributed by atoms with Crippen LogP contribution in [-0.2, 0) is 13.0 Å². The minimum Gasteiger partial charge on any atom is -0.493 e. The maximum atomic E-state index is 5.83. The van der Waals surface area contributed by atoms with Gasteiger partial charge in [0.25, 0.3) is 0 Å². The molecule has 2 aromatic rings. The van der Waals surface area contributed by atoms with Crippen LogP contribution in [0.25, 0.3) is 0 Å².